The van der Waals surface area contributed by atoms with Gasteiger partial charge in [0.2, 0.25) is 0 Å². The Morgan fingerprint density at radius 1 is 1.25 bits per heavy atom. The van der Waals surface area contributed by atoms with E-state index in [0.717, 1.165) is 0 Å². The first kappa shape index (κ1) is 16.0. The molecule has 0 saturated carbocycles. The van der Waals surface area contributed by atoms with Gasteiger partial charge in [-0.15, -0.1) is 0 Å². The van der Waals surface area contributed by atoms with E-state index in [9.17, 15) is 0 Å². The Morgan fingerprint density at radius 3 is 1.25 bits per heavy atom. The van der Waals surface area contributed by atoms with Crippen molar-refractivity contribution < 1.29 is 22.4 Å². The van der Waals surface area contributed by atoms with Crippen LogP contribution in [-0.4, -0.2) is 48.9 Å². The molecule has 0 rings (SSSR count). The van der Waals surface area contributed by atoms with Gasteiger partial charge in [0.25, 0.3) is 0 Å². The van der Waals surface area contributed by atoms with Gasteiger partial charge in [-0.1, -0.05) is 0 Å². The molecule has 0 aliphatic heterocycles. The first-order chi connectivity index (χ1) is 1.00. The summed E-state index contributed by atoms with van der Waals surface area (Å²) < 4.78 is 0. The fourth-order valence-electron chi connectivity index (χ4n) is 0. The SMILES string of the molecule is [Ag].[Ga].[Ga]=[Se]. The Bertz CT molecular complexity index is 6.00. The summed E-state index contributed by atoms with van der Waals surface area (Å²) in [5.74, 6) is 0. The first-order valence-corrected chi connectivity index (χ1v) is 6.36. The van der Waals surface area contributed by atoms with Crippen molar-refractivity contribution >= 4 is 48.9 Å². The number of hydrogen-bond donors (Lipinski definition) is 0. The van der Waals surface area contributed by atoms with Gasteiger partial charge < -0.3 is 0 Å². The molecule has 0 N–H and O–H groups in total. The van der Waals surface area contributed by atoms with Gasteiger partial charge in [0, 0.05) is 42.2 Å². The van der Waals surface area contributed by atoms with E-state index in [1.807, 2.05) is 0 Å². The molecule has 0 aromatic rings. The summed E-state index contributed by atoms with van der Waals surface area (Å²) >= 11 is 4.25. The average molecular weight is 326 g/mol. The monoisotopic (exact) mass is 325 g/mol. The van der Waals surface area contributed by atoms with Gasteiger partial charge >= 0.3 is 29.1 Å². The van der Waals surface area contributed by atoms with E-state index < -0.39 is 0 Å². The number of hydrogen-bond acceptors (Lipinski definition) is 0. The van der Waals surface area contributed by atoms with Gasteiger partial charge in [-0.2, -0.15) is 0 Å². The van der Waals surface area contributed by atoms with E-state index in [2.05, 4.69) is 13.1 Å². The summed E-state index contributed by atoms with van der Waals surface area (Å²) in [7, 11) is 0. The fraction of sp³-hybridized carbons (Fsp3) is 0. The Morgan fingerprint density at radius 2 is 1.25 bits per heavy atom. The Labute approximate surface area is 70.2 Å². The summed E-state index contributed by atoms with van der Waals surface area (Å²) in [5, 5.41) is 0. The molecule has 23 valence electrons. The molecule has 0 unspecified atom stereocenters. The second-order valence-electron chi connectivity index (χ2n) is 0. The van der Waals surface area contributed by atoms with Gasteiger partial charge in [0.15, 0.2) is 0 Å². The van der Waals surface area contributed by atoms with Gasteiger partial charge in [-0.25, -0.2) is 0 Å². The minimum atomic E-state index is 0. The Kier molecular flexibility index (Phi) is 71.0. The van der Waals surface area contributed by atoms with Gasteiger partial charge in [0.05, 0.1) is 0 Å². The summed E-state index contributed by atoms with van der Waals surface area (Å²) in [5.41, 5.74) is 0. The maximum atomic E-state index is 2.69. The Balaban J connectivity index is -0.00000000500. The van der Waals surface area contributed by atoms with Crippen molar-refractivity contribution in [2.75, 3.05) is 0 Å². The third-order valence-electron chi connectivity index (χ3n) is 0. The third kappa shape index (κ3) is 8.82. The topological polar surface area (TPSA) is 0 Å². The first-order valence-electron chi connectivity index (χ1n) is 0.236. The van der Waals surface area contributed by atoms with Gasteiger partial charge in [-0.3, -0.25) is 0 Å². The quantitative estimate of drug-likeness (QED) is 0.494. The van der Waals surface area contributed by atoms with Crippen molar-refractivity contribution in [1.82, 2.24) is 0 Å². The third-order valence-corrected chi connectivity index (χ3v) is 0. The molecule has 4 heavy (non-hydrogen) atoms. The van der Waals surface area contributed by atoms with Crippen LogP contribution in [0, 0.1) is 0 Å². The second-order valence-corrected chi connectivity index (χ2v) is 0. The minimum absolute atomic E-state index is 0. The molecule has 0 atom stereocenters. The maximum absolute atomic E-state index is 2.69. The van der Waals surface area contributed by atoms with Gasteiger partial charge in [-0.05, 0) is 0 Å². The molecular formula is AgGa2Se. The van der Waals surface area contributed by atoms with Crippen molar-refractivity contribution in [2.24, 2.45) is 0 Å². The van der Waals surface area contributed by atoms with E-state index in [0.29, 0.717) is 0 Å². The predicted molar refractivity (Wildman–Crippen MR) is 17.3 cm³/mol. The molecular weight excluding hydrogens is 326 g/mol. The van der Waals surface area contributed by atoms with E-state index >= 15 is 0 Å². The van der Waals surface area contributed by atoms with E-state index in [1.54, 1.807) is 16.0 Å². The van der Waals surface area contributed by atoms with E-state index in [-0.39, 0.29) is 42.2 Å². The molecule has 0 heterocycles. The van der Waals surface area contributed by atoms with Crippen molar-refractivity contribution in [3.05, 3.63) is 0 Å². The molecule has 0 bridgehead atoms. The van der Waals surface area contributed by atoms with Crippen molar-refractivity contribution in [3.63, 3.8) is 0 Å². The van der Waals surface area contributed by atoms with Crippen LogP contribution in [0.4, 0.5) is 0 Å². The normalized spacial score (nSPS) is 0.750. The molecule has 0 aliphatic carbocycles. The standard InChI is InChI=1S/Ag.2Ga.Se. The van der Waals surface area contributed by atoms with Crippen molar-refractivity contribution in [3.8, 4) is 0 Å². The molecule has 4 heteroatoms. The van der Waals surface area contributed by atoms with Crippen LogP contribution >= 0.6 is 0 Å². The Hall–Kier alpha value is 2.53. The summed E-state index contributed by atoms with van der Waals surface area (Å²) in [6.45, 7) is 0. The molecule has 0 spiro atoms. The second kappa shape index (κ2) is 17.7. The molecule has 5 radical (unpaired) electrons. The molecule has 0 aliphatic rings. The summed E-state index contributed by atoms with van der Waals surface area (Å²) in [4.78, 5) is 0. The molecule has 0 fully saturated rings. The van der Waals surface area contributed by atoms with Crippen LogP contribution in [0.25, 0.3) is 0 Å². The summed E-state index contributed by atoms with van der Waals surface area (Å²) in [6.07, 6.45) is 0. The molecule has 0 saturated heterocycles. The van der Waals surface area contributed by atoms with Crippen molar-refractivity contribution in [1.29, 1.82) is 0 Å². The molecule has 0 aromatic carbocycles. The zero-order valence-corrected chi connectivity index (χ0v) is 9.91. The van der Waals surface area contributed by atoms with Crippen LogP contribution in [0.15, 0.2) is 0 Å². The fourth-order valence-corrected chi connectivity index (χ4v) is 0. The predicted octanol–water partition coefficient (Wildman–Crippen LogP) is -1.14. The molecule has 0 amide bonds. The zero-order chi connectivity index (χ0) is 2.00. The zero-order valence-electron chi connectivity index (χ0n) is 1.86. The van der Waals surface area contributed by atoms with Crippen LogP contribution in [-0.2, 0) is 22.4 Å². The summed E-state index contributed by atoms with van der Waals surface area (Å²) in [6, 6.07) is 0. The molecule has 0 nitrogen and oxygen atoms in total. The van der Waals surface area contributed by atoms with Crippen LogP contribution in [0.3, 0.4) is 0 Å². The van der Waals surface area contributed by atoms with E-state index in [1.165, 1.54) is 0 Å². The van der Waals surface area contributed by atoms with Crippen LogP contribution in [0.2, 0.25) is 0 Å². The number of rotatable bonds is 0. The van der Waals surface area contributed by atoms with Crippen LogP contribution in [0.5, 0.6) is 0 Å². The average Bonchev–Trinajstić information content (AvgIpc) is 1.00. The van der Waals surface area contributed by atoms with Gasteiger partial charge in [0.1, 0.15) is 0 Å². The van der Waals surface area contributed by atoms with E-state index in [4.69, 9.17) is 0 Å². The van der Waals surface area contributed by atoms with Crippen molar-refractivity contribution in [2.45, 2.75) is 0 Å². The van der Waals surface area contributed by atoms with Crippen LogP contribution in [0.1, 0.15) is 0 Å². The molecule has 0 aromatic heterocycles. The van der Waals surface area contributed by atoms with Crippen LogP contribution < -0.4 is 0 Å².